The molecular weight excluding hydrogens is 242 g/mol. The number of oxazole rings is 1. The van der Waals surface area contributed by atoms with E-state index in [1.54, 1.807) is 11.6 Å². The summed E-state index contributed by atoms with van der Waals surface area (Å²) in [4.78, 5) is 14.0. The molecule has 1 atom stereocenters. The Morgan fingerprint density at radius 3 is 2.79 bits per heavy atom. The van der Waals surface area contributed by atoms with Gasteiger partial charge in [0.1, 0.15) is 0 Å². The van der Waals surface area contributed by atoms with Crippen LogP contribution in [0.15, 0.2) is 27.4 Å². The predicted octanol–water partition coefficient (Wildman–Crippen LogP) is 1.10. The van der Waals surface area contributed by atoms with Crippen molar-refractivity contribution in [3.8, 4) is 0 Å². The minimum absolute atomic E-state index is 0.304. The van der Waals surface area contributed by atoms with Gasteiger partial charge in [0.25, 0.3) is 0 Å². The van der Waals surface area contributed by atoms with Gasteiger partial charge in [-0.2, -0.15) is 0 Å². The van der Waals surface area contributed by atoms with Crippen molar-refractivity contribution >= 4 is 11.1 Å². The van der Waals surface area contributed by atoms with Crippen LogP contribution < -0.4 is 11.1 Å². The van der Waals surface area contributed by atoms with Crippen molar-refractivity contribution in [1.82, 2.24) is 14.8 Å². The fourth-order valence-corrected chi connectivity index (χ4v) is 2.68. The van der Waals surface area contributed by atoms with Crippen LogP contribution >= 0.6 is 0 Å². The van der Waals surface area contributed by atoms with E-state index in [1.165, 1.54) is 5.56 Å². The van der Waals surface area contributed by atoms with Crippen LogP contribution in [0.3, 0.4) is 0 Å². The summed E-state index contributed by atoms with van der Waals surface area (Å²) in [5, 5.41) is 3.36. The molecule has 1 N–H and O–H groups in total. The predicted molar refractivity (Wildman–Crippen MR) is 74.3 cm³/mol. The second kappa shape index (κ2) is 4.83. The zero-order valence-electron chi connectivity index (χ0n) is 11.3. The van der Waals surface area contributed by atoms with Crippen molar-refractivity contribution in [2.75, 3.05) is 26.2 Å². The fraction of sp³-hybridized carbons (Fsp3) is 0.500. The van der Waals surface area contributed by atoms with Gasteiger partial charge in [0, 0.05) is 39.3 Å². The number of aryl methyl sites for hydroxylation is 1. The molecule has 0 amide bonds. The van der Waals surface area contributed by atoms with Crippen LogP contribution in [0.25, 0.3) is 11.1 Å². The highest BCUT2D eigenvalue weighted by Gasteiger charge is 2.19. The SMILES string of the molecule is CC(c1ccc2oc(=O)n(C)c2c1)N1CCNCC1. The van der Waals surface area contributed by atoms with E-state index in [-0.39, 0.29) is 5.76 Å². The maximum absolute atomic E-state index is 11.5. The average Bonchev–Trinajstić information content (AvgIpc) is 2.74. The molecule has 102 valence electrons. The van der Waals surface area contributed by atoms with E-state index < -0.39 is 0 Å². The van der Waals surface area contributed by atoms with E-state index in [0.29, 0.717) is 11.6 Å². The molecule has 1 fully saturated rings. The van der Waals surface area contributed by atoms with E-state index in [0.717, 1.165) is 31.7 Å². The average molecular weight is 261 g/mol. The van der Waals surface area contributed by atoms with E-state index in [9.17, 15) is 4.79 Å². The minimum atomic E-state index is -0.304. The molecule has 3 rings (SSSR count). The summed E-state index contributed by atoms with van der Waals surface area (Å²) >= 11 is 0. The molecule has 0 saturated carbocycles. The van der Waals surface area contributed by atoms with Crippen LogP contribution in [-0.4, -0.2) is 35.6 Å². The van der Waals surface area contributed by atoms with Crippen LogP contribution in [0, 0.1) is 0 Å². The Hall–Kier alpha value is -1.59. The number of piperazine rings is 1. The summed E-state index contributed by atoms with van der Waals surface area (Å²) in [5.41, 5.74) is 2.75. The van der Waals surface area contributed by atoms with Gasteiger partial charge < -0.3 is 9.73 Å². The third-order valence-electron chi connectivity index (χ3n) is 4.00. The standard InChI is InChI=1S/C14H19N3O2/c1-10(17-7-5-15-6-8-17)11-3-4-13-12(9-11)16(2)14(18)19-13/h3-4,9-10,15H,5-8H2,1-2H3. The van der Waals surface area contributed by atoms with Gasteiger partial charge in [-0.3, -0.25) is 9.47 Å². The molecule has 5 heteroatoms. The molecule has 1 aliphatic heterocycles. The van der Waals surface area contributed by atoms with Gasteiger partial charge in [0.05, 0.1) is 5.52 Å². The molecule has 0 aliphatic carbocycles. The Morgan fingerprint density at radius 2 is 2.05 bits per heavy atom. The summed E-state index contributed by atoms with van der Waals surface area (Å²) in [6.07, 6.45) is 0. The molecule has 1 saturated heterocycles. The molecule has 2 heterocycles. The Morgan fingerprint density at radius 1 is 1.32 bits per heavy atom. The molecule has 0 radical (unpaired) electrons. The van der Waals surface area contributed by atoms with Gasteiger partial charge in [-0.1, -0.05) is 6.07 Å². The van der Waals surface area contributed by atoms with Crippen molar-refractivity contribution in [2.45, 2.75) is 13.0 Å². The first-order valence-corrected chi connectivity index (χ1v) is 6.71. The molecule has 5 nitrogen and oxygen atoms in total. The van der Waals surface area contributed by atoms with Gasteiger partial charge in [0.2, 0.25) is 0 Å². The number of hydrogen-bond donors (Lipinski definition) is 1. The number of hydrogen-bond acceptors (Lipinski definition) is 4. The van der Waals surface area contributed by atoms with Crippen molar-refractivity contribution in [3.63, 3.8) is 0 Å². The smallest absolute Gasteiger partial charge is 0.408 e. The molecule has 1 aromatic heterocycles. The van der Waals surface area contributed by atoms with E-state index in [1.807, 2.05) is 6.07 Å². The molecule has 19 heavy (non-hydrogen) atoms. The molecule has 1 aromatic carbocycles. The number of benzene rings is 1. The Labute approximate surface area is 111 Å². The highest BCUT2D eigenvalue weighted by molar-refractivity contribution is 5.73. The van der Waals surface area contributed by atoms with Gasteiger partial charge in [-0.05, 0) is 24.6 Å². The van der Waals surface area contributed by atoms with Crippen LogP contribution in [0.5, 0.6) is 0 Å². The van der Waals surface area contributed by atoms with Crippen LogP contribution in [0.1, 0.15) is 18.5 Å². The van der Waals surface area contributed by atoms with Crippen molar-refractivity contribution in [3.05, 3.63) is 34.3 Å². The molecule has 1 unspecified atom stereocenters. The lowest BCUT2D eigenvalue weighted by Crippen LogP contribution is -2.44. The molecule has 1 aliphatic rings. The summed E-state index contributed by atoms with van der Waals surface area (Å²) in [6, 6.07) is 6.37. The van der Waals surface area contributed by atoms with Crippen molar-refractivity contribution in [1.29, 1.82) is 0 Å². The first-order chi connectivity index (χ1) is 9.16. The maximum Gasteiger partial charge on any atom is 0.419 e. The van der Waals surface area contributed by atoms with Crippen LogP contribution in [-0.2, 0) is 7.05 Å². The van der Waals surface area contributed by atoms with Crippen molar-refractivity contribution in [2.24, 2.45) is 7.05 Å². The van der Waals surface area contributed by atoms with E-state index in [4.69, 9.17) is 4.42 Å². The maximum atomic E-state index is 11.5. The quantitative estimate of drug-likeness (QED) is 0.879. The molecule has 0 spiro atoms. The molecular formula is C14H19N3O2. The van der Waals surface area contributed by atoms with Gasteiger partial charge >= 0.3 is 5.76 Å². The van der Waals surface area contributed by atoms with Crippen LogP contribution in [0.2, 0.25) is 0 Å². The number of nitrogens with one attached hydrogen (secondary N) is 1. The molecule has 2 aromatic rings. The minimum Gasteiger partial charge on any atom is -0.408 e. The second-order valence-electron chi connectivity index (χ2n) is 5.12. The number of nitrogens with zero attached hydrogens (tertiary/aromatic N) is 2. The lowest BCUT2D eigenvalue weighted by Gasteiger charge is -2.33. The number of rotatable bonds is 2. The Kier molecular flexibility index (Phi) is 3.16. The zero-order chi connectivity index (χ0) is 13.4. The fourth-order valence-electron chi connectivity index (χ4n) is 2.68. The van der Waals surface area contributed by atoms with Gasteiger partial charge in [-0.25, -0.2) is 4.79 Å². The van der Waals surface area contributed by atoms with E-state index >= 15 is 0 Å². The largest absolute Gasteiger partial charge is 0.419 e. The van der Waals surface area contributed by atoms with Crippen LogP contribution in [0.4, 0.5) is 0 Å². The second-order valence-corrected chi connectivity index (χ2v) is 5.12. The number of fused-ring (bicyclic) bond motifs is 1. The van der Waals surface area contributed by atoms with Gasteiger partial charge in [0.15, 0.2) is 5.58 Å². The number of aromatic nitrogens is 1. The normalized spacial score (nSPS) is 18.8. The lowest BCUT2D eigenvalue weighted by atomic mass is 10.1. The summed E-state index contributed by atoms with van der Waals surface area (Å²) < 4.78 is 6.72. The zero-order valence-corrected chi connectivity index (χ0v) is 11.3. The van der Waals surface area contributed by atoms with Gasteiger partial charge in [-0.15, -0.1) is 0 Å². The third-order valence-corrected chi connectivity index (χ3v) is 4.00. The summed E-state index contributed by atoms with van der Waals surface area (Å²) in [7, 11) is 1.74. The monoisotopic (exact) mass is 261 g/mol. The summed E-state index contributed by atoms with van der Waals surface area (Å²) in [5.74, 6) is -0.304. The van der Waals surface area contributed by atoms with Crippen molar-refractivity contribution < 1.29 is 4.42 Å². The highest BCUT2D eigenvalue weighted by atomic mass is 16.4. The topological polar surface area (TPSA) is 50.4 Å². The van der Waals surface area contributed by atoms with E-state index in [2.05, 4.69) is 29.3 Å². The Balaban J connectivity index is 1.95. The highest BCUT2D eigenvalue weighted by Crippen LogP contribution is 2.24. The summed E-state index contributed by atoms with van der Waals surface area (Å²) in [6.45, 7) is 6.41. The Bertz CT molecular complexity index is 638. The lowest BCUT2D eigenvalue weighted by molar-refractivity contribution is 0.185. The first-order valence-electron chi connectivity index (χ1n) is 6.71. The third kappa shape index (κ3) is 2.19. The first kappa shape index (κ1) is 12.4. The molecule has 0 bridgehead atoms.